The normalized spacial score (nSPS) is 15.3. The van der Waals surface area contributed by atoms with Crippen LogP contribution in [-0.4, -0.2) is 38.7 Å². The van der Waals surface area contributed by atoms with Crippen LogP contribution < -0.4 is 10.6 Å². The van der Waals surface area contributed by atoms with Crippen LogP contribution in [0.1, 0.15) is 58.3 Å². The first-order valence-electron chi connectivity index (χ1n) is 8.36. The molecule has 22 heavy (non-hydrogen) atoms. The number of hydrogen-bond acceptors (Lipinski definition) is 3. The van der Waals surface area contributed by atoms with Crippen molar-refractivity contribution < 1.29 is 9.53 Å². The molecule has 0 atom stereocenters. The molecule has 5 nitrogen and oxygen atoms in total. The fraction of sp³-hybridized carbons (Fsp3) is 0.875. The van der Waals surface area contributed by atoms with Crippen LogP contribution in [0, 0.1) is 5.92 Å². The predicted octanol–water partition coefficient (Wildman–Crippen LogP) is 3.08. The molecule has 0 aromatic carbocycles. The monoisotopic (exact) mass is 425 g/mol. The number of nitrogens with zero attached hydrogens (tertiary/aromatic N) is 1. The fourth-order valence-corrected chi connectivity index (χ4v) is 2.79. The third-order valence-electron chi connectivity index (χ3n) is 3.94. The Morgan fingerprint density at radius 1 is 1.18 bits per heavy atom. The van der Waals surface area contributed by atoms with Crippen molar-refractivity contribution in [2.75, 3.05) is 26.7 Å². The number of rotatable bonds is 9. The molecule has 0 radical (unpaired) electrons. The topological polar surface area (TPSA) is 62.7 Å². The first kappa shape index (κ1) is 21.5. The largest absolute Gasteiger partial charge is 0.466 e. The molecule has 0 saturated heterocycles. The Bertz CT molecular complexity index is 319. The van der Waals surface area contributed by atoms with E-state index >= 15 is 0 Å². The van der Waals surface area contributed by atoms with Gasteiger partial charge in [-0.05, 0) is 32.1 Å². The van der Waals surface area contributed by atoms with Gasteiger partial charge in [-0.3, -0.25) is 9.79 Å². The van der Waals surface area contributed by atoms with Gasteiger partial charge in [0, 0.05) is 26.6 Å². The molecule has 0 bridgehead atoms. The highest BCUT2D eigenvalue weighted by molar-refractivity contribution is 14.0. The van der Waals surface area contributed by atoms with Crippen LogP contribution in [0.15, 0.2) is 4.99 Å². The van der Waals surface area contributed by atoms with E-state index in [0.717, 1.165) is 31.4 Å². The lowest BCUT2D eigenvalue weighted by molar-refractivity contribution is -0.143. The van der Waals surface area contributed by atoms with Gasteiger partial charge in [0.25, 0.3) is 0 Å². The SMILES string of the molecule is CCOC(=O)CCCNC(=NC)NCCCC1CCCC1.I. The van der Waals surface area contributed by atoms with E-state index in [-0.39, 0.29) is 29.9 Å². The van der Waals surface area contributed by atoms with E-state index in [1.807, 2.05) is 6.92 Å². The summed E-state index contributed by atoms with van der Waals surface area (Å²) in [5.41, 5.74) is 0. The number of nitrogens with one attached hydrogen (secondary N) is 2. The molecule has 1 rings (SSSR count). The van der Waals surface area contributed by atoms with Crippen LogP contribution in [0.4, 0.5) is 0 Å². The number of carbonyl (C=O) groups is 1. The summed E-state index contributed by atoms with van der Waals surface area (Å²) in [7, 11) is 1.78. The van der Waals surface area contributed by atoms with Crippen molar-refractivity contribution in [3.63, 3.8) is 0 Å². The Labute approximate surface area is 152 Å². The number of halogens is 1. The minimum Gasteiger partial charge on any atom is -0.466 e. The van der Waals surface area contributed by atoms with Gasteiger partial charge in [0.2, 0.25) is 0 Å². The molecule has 0 aromatic heterocycles. The minimum absolute atomic E-state index is 0. The molecule has 1 aliphatic carbocycles. The van der Waals surface area contributed by atoms with Crippen LogP contribution in [-0.2, 0) is 9.53 Å². The third kappa shape index (κ3) is 10.2. The first-order valence-corrected chi connectivity index (χ1v) is 8.36. The molecule has 0 spiro atoms. The zero-order valence-electron chi connectivity index (χ0n) is 14.0. The number of carbonyl (C=O) groups excluding carboxylic acids is 1. The minimum atomic E-state index is -0.126. The van der Waals surface area contributed by atoms with Crippen molar-refractivity contribution in [1.82, 2.24) is 10.6 Å². The summed E-state index contributed by atoms with van der Waals surface area (Å²) in [6, 6.07) is 0. The van der Waals surface area contributed by atoms with Crippen LogP contribution >= 0.6 is 24.0 Å². The zero-order valence-corrected chi connectivity index (χ0v) is 16.4. The quantitative estimate of drug-likeness (QED) is 0.196. The maximum atomic E-state index is 11.2. The van der Waals surface area contributed by atoms with Crippen LogP contribution in [0.5, 0.6) is 0 Å². The summed E-state index contributed by atoms with van der Waals surface area (Å²) in [6.45, 7) is 3.99. The van der Waals surface area contributed by atoms with Gasteiger partial charge < -0.3 is 15.4 Å². The van der Waals surface area contributed by atoms with Crippen molar-refractivity contribution in [2.45, 2.75) is 58.3 Å². The van der Waals surface area contributed by atoms with E-state index in [1.165, 1.54) is 38.5 Å². The summed E-state index contributed by atoms with van der Waals surface area (Å²) in [4.78, 5) is 15.4. The van der Waals surface area contributed by atoms with E-state index in [4.69, 9.17) is 4.74 Å². The Morgan fingerprint density at radius 3 is 2.41 bits per heavy atom. The first-order chi connectivity index (χ1) is 10.3. The molecule has 1 fully saturated rings. The summed E-state index contributed by atoms with van der Waals surface area (Å²) in [5.74, 6) is 1.65. The van der Waals surface area contributed by atoms with Gasteiger partial charge in [-0.25, -0.2) is 0 Å². The number of hydrogen-bond donors (Lipinski definition) is 2. The molecular weight excluding hydrogens is 393 g/mol. The highest BCUT2D eigenvalue weighted by atomic mass is 127. The molecule has 0 unspecified atom stereocenters. The van der Waals surface area contributed by atoms with Gasteiger partial charge in [-0.15, -0.1) is 24.0 Å². The van der Waals surface area contributed by atoms with Gasteiger partial charge in [-0.2, -0.15) is 0 Å². The third-order valence-corrected chi connectivity index (χ3v) is 3.94. The lowest BCUT2D eigenvalue weighted by Gasteiger charge is -2.13. The Hall–Kier alpha value is -0.530. The molecule has 1 saturated carbocycles. The van der Waals surface area contributed by atoms with Gasteiger partial charge in [0.1, 0.15) is 0 Å². The Kier molecular flexibility index (Phi) is 13.7. The van der Waals surface area contributed by atoms with Crippen molar-refractivity contribution in [3.05, 3.63) is 0 Å². The van der Waals surface area contributed by atoms with Gasteiger partial charge >= 0.3 is 5.97 Å². The van der Waals surface area contributed by atoms with E-state index in [0.29, 0.717) is 13.0 Å². The fourth-order valence-electron chi connectivity index (χ4n) is 2.79. The number of ether oxygens (including phenoxy) is 1. The molecule has 0 aliphatic heterocycles. The molecular formula is C16H32IN3O2. The van der Waals surface area contributed by atoms with Crippen LogP contribution in [0.2, 0.25) is 0 Å². The smallest absolute Gasteiger partial charge is 0.305 e. The second kappa shape index (κ2) is 14.1. The zero-order chi connectivity index (χ0) is 15.3. The van der Waals surface area contributed by atoms with Crippen molar-refractivity contribution >= 4 is 35.9 Å². The molecule has 1 aliphatic rings. The number of guanidine groups is 1. The average Bonchev–Trinajstić information content (AvgIpc) is 2.99. The summed E-state index contributed by atoms with van der Waals surface area (Å²) in [6.07, 6.45) is 9.42. The van der Waals surface area contributed by atoms with E-state index in [1.54, 1.807) is 7.05 Å². The highest BCUT2D eigenvalue weighted by Gasteiger charge is 2.13. The summed E-state index contributed by atoms with van der Waals surface area (Å²) in [5, 5.41) is 6.56. The van der Waals surface area contributed by atoms with Gasteiger partial charge in [0.05, 0.1) is 6.61 Å². The van der Waals surface area contributed by atoms with E-state index in [9.17, 15) is 4.79 Å². The van der Waals surface area contributed by atoms with Gasteiger partial charge in [0.15, 0.2) is 5.96 Å². The molecule has 130 valence electrons. The summed E-state index contributed by atoms with van der Waals surface area (Å²) < 4.78 is 4.89. The number of aliphatic imine (C=N–C) groups is 1. The molecule has 0 amide bonds. The molecule has 0 aromatic rings. The van der Waals surface area contributed by atoms with Crippen molar-refractivity contribution in [3.8, 4) is 0 Å². The lowest BCUT2D eigenvalue weighted by Crippen LogP contribution is -2.38. The molecule has 2 N–H and O–H groups in total. The van der Waals surface area contributed by atoms with Crippen LogP contribution in [0.3, 0.4) is 0 Å². The average molecular weight is 425 g/mol. The van der Waals surface area contributed by atoms with Crippen molar-refractivity contribution in [2.24, 2.45) is 10.9 Å². The predicted molar refractivity (Wildman–Crippen MR) is 102 cm³/mol. The molecule has 0 heterocycles. The second-order valence-corrected chi connectivity index (χ2v) is 5.63. The van der Waals surface area contributed by atoms with Crippen molar-refractivity contribution in [1.29, 1.82) is 0 Å². The Balaban J connectivity index is 0.00000441. The highest BCUT2D eigenvalue weighted by Crippen LogP contribution is 2.28. The van der Waals surface area contributed by atoms with Gasteiger partial charge in [-0.1, -0.05) is 25.7 Å². The van der Waals surface area contributed by atoms with E-state index in [2.05, 4.69) is 15.6 Å². The maximum Gasteiger partial charge on any atom is 0.305 e. The standard InChI is InChI=1S/C16H31N3O2.HI/c1-3-21-15(20)11-7-13-19-16(17-2)18-12-6-10-14-8-4-5-9-14;/h14H,3-13H2,1-2H3,(H2,17,18,19);1H. The second-order valence-electron chi connectivity index (χ2n) is 5.63. The Morgan fingerprint density at radius 2 is 1.82 bits per heavy atom. The summed E-state index contributed by atoms with van der Waals surface area (Å²) >= 11 is 0. The van der Waals surface area contributed by atoms with E-state index < -0.39 is 0 Å². The maximum absolute atomic E-state index is 11.2. The number of esters is 1. The molecule has 6 heteroatoms. The van der Waals surface area contributed by atoms with Crippen LogP contribution in [0.25, 0.3) is 0 Å². The lowest BCUT2D eigenvalue weighted by atomic mass is 10.0.